The van der Waals surface area contributed by atoms with Gasteiger partial charge in [-0.3, -0.25) is 9.36 Å². The van der Waals surface area contributed by atoms with Crippen molar-refractivity contribution in [1.29, 1.82) is 0 Å². The molecule has 5 aromatic rings. The van der Waals surface area contributed by atoms with E-state index in [1.54, 1.807) is 6.07 Å². The first kappa shape index (κ1) is 21.2. The van der Waals surface area contributed by atoms with Crippen molar-refractivity contribution in [2.75, 3.05) is 0 Å². The van der Waals surface area contributed by atoms with Gasteiger partial charge in [-0.15, -0.1) is 10.2 Å². The van der Waals surface area contributed by atoms with Gasteiger partial charge in [-0.25, -0.2) is 4.98 Å². The summed E-state index contributed by atoms with van der Waals surface area (Å²) < 4.78 is 2.06. The average molecular weight is 454 g/mol. The highest BCUT2D eigenvalue weighted by Gasteiger charge is 2.20. The lowest BCUT2D eigenvalue weighted by atomic mass is 10.1. The van der Waals surface area contributed by atoms with E-state index in [0.29, 0.717) is 16.7 Å². The van der Waals surface area contributed by atoms with E-state index in [4.69, 9.17) is 0 Å². The second-order valence-electron chi connectivity index (χ2n) is 8.07. The topological polar surface area (TPSA) is 76.5 Å². The number of H-pyrrole nitrogens is 1. The Morgan fingerprint density at radius 2 is 1.55 bits per heavy atom. The molecule has 2 aromatic heterocycles. The number of para-hydroxylation sites is 1. The molecule has 3 aromatic carbocycles. The molecular formula is C26H23N5OS. The molecule has 5 rings (SSSR count). The van der Waals surface area contributed by atoms with E-state index < -0.39 is 0 Å². The summed E-state index contributed by atoms with van der Waals surface area (Å²) >= 11 is 1.51. The maximum atomic E-state index is 12.6. The molecule has 7 heteroatoms. The summed E-state index contributed by atoms with van der Waals surface area (Å²) in [5.74, 6) is 1.38. The number of aromatic nitrogens is 5. The first-order chi connectivity index (χ1) is 16.0. The van der Waals surface area contributed by atoms with E-state index >= 15 is 0 Å². The molecule has 33 heavy (non-hydrogen) atoms. The Bertz CT molecular complexity index is 1490. The van der Waals surface area contributed by atoms with Crippen molar-refractivity contribution in [3.8, 4) is 17.1 Å². The maximum absolute atomic E-state index is 12.6. The van der Waals surface area contributed by atoms with Crippen LogP contribution < -0.4 is 5.56 Å². The molecule has 1 atom stereocenters. The Hall–Kier alpha value is -3.71. The van der Waals surface area contributed by atoms with Crippen LogP contribution >= 0.6 is 11.8 Å². The minimum absolute atomic E-state index is 0.136. The quantitative estimate of drug-likeness (QED) is 0.349. The summed E-state index contributed by atoms with van der Waals surface area (Å²) in [5, 5.41) is 10.2. The van der Waals surface area contributed by atoms with Crippen LogP contribution in [0.5, 0.6) is 0 Å². The number of nitrogens with zero attached hydrogens (tertiary/aromatic N) is 4. The summed E-state index contributed by atoms with van der Waals surface area (Å²) in [5.41, 5.74) is 4.90. The molecule has 0 radical (unpaired) electrons. The number of rotatable bonds is 5. The average Bonchev–Trinajstić information content (AvgIpc) is 3.23. The number of fused-ring (bicyclic) bond motifs is 1. The zero-order chi connectivity index (χ0) is 22.9. The molecule has 0 saturated heterocycles. The molecule has 0 fully saturated rings. The minimum atomic E-state index is -0.137. The first-order valence-corrected chi connectivity index (χ1v) is 11.6. The molecule has 1 unspecified atom stereocenters. The van der Waals surface area contributed by atoms with Gasteiger partial charge in [0.05, 0.1) is 16.2 Å². The highest BCUT2D eigenvalue weighted by Crippen LogP contribution is 2.36. The SMILES string of the molecule is Cc1ccc(-c2nnc(SC(C)c3nc4ccccc4c(=O)[nH]3)n2-c2ccc(C)cc2)cc1. The van der Waals surface area contributed by atoms with E-state index in [-0.39, 0.29) is 10.8 Å². The molecule has 0 aliphatic heterocycles. The molecule has 0 aliphatic carbocycles. The molecule has 1 N–H and O–H groups in total. The van der Waals surface area contributed by atoms with Crippen molar-refractivity contribution >= 4 is 22.7 Å². The third-order valence-electron chi connectivity index (χ3n) is 5.53. The highest BCUT2D eigenvalue weighted by atomic mass is 32.2. The van der Waals surface area contributed by atoms with Crippen molar-refractivity contribution < 1.29 is 0 Å². The molecule has 2 heterocycles. The predicted molar refractivity (Wildman–Crippen MR) is 133 cm³/mol. The fourth-order valence-electron chi connectivity index (χ4n) is 3.67. The molecule has 0 saturated carbocycles. The van der Waals surface area contributed by atoms with Crippen LogP contribution in [0.25, 0.3) is 28.0 Å². The summed E-state index contributed by atoms with van der Waals surface area (Å²) in [7, 11) is 0. The van der Waals surface area contributed by atoms with Gasteiger partial charge in [0.25, 0.3) is 5.56 Å². The Kier molecular flexibility index (Phi) is 5.56. The van der Waals surface area contributed by atoms with E-state index in [1.807, 2.05) is 25.1 Å². The zero-order valence-electron chi connectivity index (χ0n) is 18.6. The molecule has 6 nitrogen and oxygen atoms in total. The van der Waals surface area contributed by atoms with Crippen molar-refractivity contribution in [3.63, 3.8) is 0 Å². The Balaban J connectivity index is 1.57. The smallest absolute Gasteiger partial charge is 0.258 e. The van der Waals surface area contributed by atoms with Gasteiger partial charge in [0, 0.05) is 11.3 Å². The molecule has 0 aliphatic rings. The van der Waals surface area contributed by atoms with Crippen LogP contribution in [-0.4, -0.2) is 24.7 Å². The predicted octanol–water partition coefficient (Wildman–Crippen LogP) is 5.64. The van der Waals surface area contributed by atoms with E-state index in [2.05, 4.69) is 87.1 Å². The van der Waals surface area contributed by atoms with Crippen LogP contribution in [0.15, 0.2) is 82.7 Å². The number of nitrogens with one attached hydrogen (secondary N) is 1. The van der Waals surface area contributed by atoms with Gasteiger partial charge in [0.2, 0.25) is 0 Å². The molecule has 0 bridgehead atoms. The van der Waals surface area contributed by atoms with Crippen LogP contribution in [0.2, 0.25) is 0 Å². The number of benzene rings is 3. The highest BCUT2D eigenvalue weighted by molar-refractivity contribution is 7.99. The molecule has 164 valence electrons. The number of hydrogen-bond donors (Lipinski definition) is 1. The van der Waals surface area contributed by atoms with Gasteiger partial charge in [0.15, 0.2) is 11.0 Å². The van der Waals surface area contributed by atoms with Gasteiger partial charge >= 0.3 is 0 Å². The van der Waals surface area contributed by atoms with Crippen LogP contribution in [-0.2, 0) is 0 Å². The van der Waals surface area contributed by atoms with Gasteiger partial charge in [-0.2, -0.15) is 0 Å². The lowest BCUT2D eigenvalue weighted by molar-refractivity contribution is 0.862. The molecule has 0 amide bonds. The van der Waals surface area contributed by atoms with Crippen molar-refractivity contribution in [2.24, 2.45) is 0 Å². The van der Waals surface area contributed by atoms with Crippen molar-refractivity contribution in [3.05, 3.63) is 100 Å². The monoisotopic (exact) mass is 453 g/mol. The summed E-state index contributed by atoms with van der Waals surface area (Å²) in [4.78, 5) is 20.2. The summed E-state index contributed by atoms with van der Waals surface area (Å²) in [6.45, 7) is 6.14. The van der Waals surface area contributed by atoms with Crippen LogP contribution in [0, 0.1) is 13.8 Å². The second kappa shape index (κ2) is 8.67. The van der Waals surface area contributed by atoms with Gasteiger partial charge < -0.3 is 4.98 Å². The van der Waals surface area contributed by atoms with Gasteiger partial charge in [-0.05, 0) is 45.0 Å². The molecule has 0 spiro atoms. The van der Waals surface area contributed by atoms with Crippen molar-refractivity contribution in [1.82, 2.24) is 24.7 Å². The Labute approximate surface area is 195 Å². The largest absolute Gasteiger partial charge is 0.309 e. The van der Waals surface area contributed by atoms with Crippen LogP contribution in [0.3, 0.4) is 0 Å². The third-order valence-corrected chi connectivity index (χ3v) is 6.59. The summed E-state index contributed by atoms with van der Waals surface area (Å²) in [6, 6.07) is 23.9. The lowest BCUT2D eigenvalue weighted by Crippen LogP contribution is -2.13. The zero-order valence-corrected chi connectivity index (χ0v) is 19.4. The van der Waals surface area contributed by atoms with E-state index in [1.165, 1.54) is 22.9 Å². The number of thioether (sulfide) groups is 1. The number of hydrogen-bond acceptors (Lipinski definition) is 5. The minimum Gasteiger partial charge on any atom is -0.309 e. The third kappa shape index (κ3) is 4.19. The van der Waals surface area contributed by atoms with Gasteiger partial charge in [-0.1, -0.05) is 71.4 Å². The maximum Gasteiger partial charge on any atom is 0.258 e. The fraction of sp³-hybridized carbons (Fsp3) is 0.154. The van der Waals surface area contributed by atoms with Crippen molar-refractivity contribution in [2.45, 2.75) is 31.2 Å². The Morgan fingerprint density at radius 1 is 0.879 bits per heavy atom. The van der Waals surface area contributed by atoms with Crippen LogP contribution in [0.1, 0.15) is 29.1 Å². The fourth-order valence-corrected chi connectivity index (χ4v) is 4.60. The van der Waals surface area contributed by atoms with Gasteiger partial charge in [0.1, 0.15) is 5.82 Å². The summed E-state index contributed by atoms with van der Waals surface area (Å²) in [6.07, 6.45) is 0. The second-order valence-corrected chi connectivity index (χ2v) is 9.38. The Morgan fingerprint density at radius 3 is 2.27 bits per heavy atom. The standard InChI is InChI=1S/C26H23N5OS/c1-16-8-12-19(13-9-16)24-29-30-26(31(24)20-14-10-17(2)11-15-20)33-18(3)23-27-22-7-5-4-6-21(22)25(32)28-23/h4-15,18H,1-3H3,(H,27,28,32). The number of aryl methyl sites for hydroxylation is 2. The number of aromatic amines is 1. The first-order valence-electron chi connectivity index (χ1n) is 10.7. The molecular weight excluding hydrogens is 430 g/mol. The van der Waals surface area contributed by atoms with Crippen LogP contribution in [0.4, 0.5) is 0 Å². The van der Waals surface area contributed by atoms with E-state index in [9.17, 15) is 4.79 Å². The lowest BCUT2D eigenvalue weighted by Gasteiger charge is -2.14. The van der Waals surface area contributed by atoms with E-state index in [0.717, 1.165) is 22.2 Å². The normalized spacial score (nSPS) is 12.2.